The Balaban J connectivity index is 1.46. The molecule has 1 saturated heterocycles. The zero-order valence-electron chi connectivity index (χ0n) is 16.7. The Bertz CT molecular complexity index is 972. The van der Waals surface area contributed by atoms with E-state index in [1.54, 1.807) is 0 Å². The summed E-state index contributed by atoms with van der Waals surface area (Å²) in [5.74, 6) is 1.40. The second-order valence-corrected chi connectivity index (χ2v) is 7.93. The molecule has 0 unspecified atom stereocenters. The molecule has 1 fully saturated rings. The largest absolute Gasteiger partial charge is 0.489 e. The lowest BCUT2D eigenvalue weighted by molar-refractivity contribution is 0.223. The van der Waals surface area contributed by atoms with E-state index < -0.39 is 0 Å². The Hall–Kier alpha value is -2.65. The molecular formula is C25H28N2O. The predicted octanol–water partition coefficient (Wildman–Crippen LogP) is 5.31. The van der Waals surface area contributed by atoms with Crippen LogP contribution in [0.5, 0.6) is 5.75 Å². The average Bonchev–Trinajstić information content (AvgIpc) is 3.21. The lowest BCUT2D eigenvalue weighted by Gasteiger charge is -2.16. The Morgan fingerprint density at radius 2 is 1.86 bits per heavy atom. The minimum absolute atomic E-state index is 0.301. The molecule has 0 bridgehead atoms. The molecule has 0 amide bonds. The number of rotatable bonds is 6. The van der Waals surface area contributed by atoms with Crippen molar-refractivity contribution in [2.45, 2.75) is 38.7 Å². The summed E-state index contributed by atoms with van der Waals surface area (Å²) in [4.78, 5) is 0. The van der Waals surface area contributed by atoms with Crippen molar-refractivity contribution in [3.05, 3.63) is 77.4 Å². The van der Waals surface area contributed by atoms with Crippen LogP contribution in [0.1, 0.15) is 42.9 Å². The number of fused-ring (bicyclic) bond motifs is 1. The monoisotopic (exact) mass is 372 g/mol. The molecule has 3 heteroatoms. The van der Waals surface area contributed by atoms with Crippen LogP contribution >= 0.6 is 0 Å². The molecule has 2 N–H and O–H groups in total. The SMILES string of the molecule is CC(=N)c1ccc2ccc(C[C@H](C)c3ccc(O[C@H]4CCNC4)cc3)cc2c1. The van der Waals surface area contributed by atoms with Gasteiger partial charge in [0.25, 0.3) is 0 Å². The minimum Gasteiger partial charge on any atom is -0.489 e. The van der Waals surface area contributed by atoms with Crippen LogP contribution in [0.2, 0.25) is 0 Å². The maximum absolute atomic E-state index is 7.86. The summed E-state index contributed by atoms with van der Waals surface area (Å²) in [6.07, 6.45) is 2.38. The summed E-state index contributed by atoms with van der Waals surface area (Å²) in [7, 11) is 0. The van der Waals surface area contributed by atoms with E-state index in [1.807, 2.05) is 13.0 Å². The molecule has 0 radical (unpaired) electrons. The molecule has 0 spiro atoms. The van der Waals surface area contributed by atoms with E-state index >= 15 is 0 Å². The molecular weight excluding hydrogens is 344 g/mol. The summed E-state index contributed by atoms with van der Waals surface area (Å²) < 4.78 is 6.03. The fraction of sp³-hybridized carbons (Fsp3) is 0.320. The van der Waals surface area contributed by atoms with Crippen molar-refractivity contribution < 1.29 is 4.74 Å². The smallest absolute Gasteiger partial charge is 0.119 e. The molecule has 3 aromatic rings. The van der Waals surface area contributed by atoms with Crippen molar-refractivity contribution in [1.82, 2.24) is 5.32 Å². The third kappa shape index (κ3) is 4.26. The Labute approximate surface area is 167 Å². The number of nitrogens with one attached hydrogen (secondary N) is 2. The maximum Gasteiger partial charge on any atom is 0.119 e. The van der Waals surface area contributed by atoms with Gasteiger partial charge in [0.15, 0.2) is 0 Å². The van der Waals surface area contributed by atoms with E-state index in [9.17, 15) is 0 Å². The van der Waals surface area contributed by atoms with Gasteiger partial charge in [-0.25, -0.2) is 0 Å². The van der Waals surface area contributed by atoms with E-state index in [0.29, 0.717) is 17.7 Å². The molecule has 3 aromatic carbocycles. The van der Waals surface area contributed by atoms with Crippen molar-refractivity contribution >= 4 is 16.5 Å². The molecule has 0 aliphatic carbocycles. The minimum atomic E-state index is 0.301. The van der Waals surface area contributed by atoms with Crippen LogP contribution in [0.25, 0.3) is 10.8 Å². The number of hydrogen-bond donors (Lipinski definition) is 2. The van der Waals surface area contributed by atoms with Crippen LogP contribution < -0.4 is 10.1 Å². The van der Waals surface area contributed by atoms with Crippen LogP contribution in [-0.2, 0) is 6.42 Å². The number of benzene rings is 3. The maximum atomic E-state index is 7.86. The van der Waals surface area contributed by atoms with Crippen molar-refractivity contribution in [3.63, 3.8) is 0 Å². The first-order valence-corrected chi connectivity index (χ1v) is 10.1. The quantitative estimate of drug-likeness (QED) is 0.576. The summed E-state index contributed by atoms with van der Waals surface area (Å²) in [6, 6.07) is 21.5. The van der Waals surface area contributed by atoms with Gasteiger partial charge in [-0.05, 0) is 77.9 Å². The molecule has 2 atom stereocenters. The third-order valence-electron chi connectivity index (χ3n) is 5.65. The van der Waals surface area contributed by atoms with Gasteiger partial charge < -0.3 is 15.5 Å². The standard InChI is InChI=1S/C25H28N2O/c1-17(20-7-9-24(10-8-20)28-25-11-12-27-16-25)13-19-3-4-21-5-6-22(18(2)26)15-23(21)14-19/h3-10,14-15,17,25-27H,11-13,16H2,1-2H3/t17-,25-/m0/s1. The van der Waals surface area contributed by atoms with Crippen LogP contribution in [0, 0.1) is 5.41 Å². The highest BCUT2D eigenvalue weighted by Gasteiger charge is 2.16. The van der Waals surface area contributed by atoms with Gasteiger partial charge in [0, 0.05) is 12.3 Å². The van der Waals surface area contributed by atoms with Crippen LogP contribution in [0.3, 0.4) is 0 Å². The van der Waals surface area contributed by atoms with Gasteiger partial charge in [0.2, 0.25) is 0 Å². The molecule has 1 aliphatic heterocycles. The highest BCUT2D eigenvalue weighted by Crippen LogP contribution is 2.26. The fourth-order valence-corrected chi connectivity index (χ4v) is 3.92. The second-order valence-electron chi connectivity index (χ2n) is 7.93. The average molecular weight is 373 g/mol. The van der Waals surface area contributed by atoms with E-state index in [0.717, 1.165) is 37.2 Å². The van der Waals surface area contributed by atoms with Crippen molar-refractivity contribution in [1.29, 1.82) is 5.41 Å². The molecule has 3 nitrogen and oxygen atoms in total. The normalized spacial score (nSPS) is 17.6. The molecule has 1 heterocycles. The molecule has 4 rings (SSSR count). The summed E-state index contributed by atoms with van der Waals surface area (Å²) in [5, 5.41) is 13.6. The fourth-order valence-electron chi connectivity index (χ4n) is 3.92. The van der Waals surface area contributed by atoms with Crippen molar-refractivity contribution in [3.8, 4) is 5.75 Å². The Kier molecular flexibility index (Phi) is 5.45. The second kappa shape index (κ2) is 8.15. The van der Waals surface area contributed by atoms with Crippen LogP contribution in [-0.4, -0.2) is 24.9 Å². The highest BCUT2D eigenvalue weighted by molar-refractivity contribution is 6.00. The first kappa shape index (κ1) is 18.7. The Morgan fingerprint density at radius 3 is 2.57 bits per heavy atom. The molecule has 1 aliphatic rings. The number of hydrogen-bond acceptors (Lipinski definition) is 3. The Morgan fingerprint density at radius 1 is 1.07 bits per heavy atom. The first-order chi connectivity index (χ1) is 13.6. The summed E-state index contributed by atoms with van der Waals surface area (Å²) in [5.41, 5.74) is 4.26. The molecule has 0 saturated carbocycles. The van der Waals surface area contributed by atoms with Gasteiger partial charge in [-0.15, -0.1) is 0 Å². The molecule has 144 valence electrons. The highest BCUT2D eigenvalue weighted by atomic mass is 16.5. The van der Waals surface area contributed by atoms with Crippen molar-refractivity contribution in [2.75, 3.05) is 13.1 Å². The van der Waals surface area contributed by atoms with E-state index in [-0.39, 0.29) is 0 Å². The zero-order chi connectivity index (χ0) is 19.5. The van der Waals surface area contributed by atoms with Crippen LogP contribution in [0.15, 0.2) is 60.7 Å². The molecule has 28 heavy (non-hydrogen) atoms. The zero-order valence-corrected chi connectivity index (χ0v) is 16.7. The van der Waals surface area contributed by atoms with E-state index in [2.05, 4.69) is 66.8 Å². The lowest BCUT2D eigenvalue weighted by atomic mass is 9.92. The molecule has 0 aromatic heterocycles. The van der Waals surface area contributed by atoms with Gasteiger partial charge in [-0.2, -0.15) is 0 Å². The van der Waals surface area contributed by atoms with E-state index in [1.165, 1.54) is 21.9 Å². The van der Waals surface area contributed by atoms with E-state index in [4.69, 9.17) is 10.1 Å². The lowest BCUT2D eigenvalue weighted by Crippen LogP contribution is -2.19. The topological polar surface area (TPSA) is 45.1 Å². The summed E-state index contributed by atoms with van der Waals surface area (Å²) >= 11 is 0. The van der Waals surface area contributed by atoms with Crippen LogP contribution in [0.4, 0.5) is 0 Å². The van der Waals surface area contributed by atoms with Gasteiger partial charge in [0.1, 0.15) is 11.9 Å². The predicted molar refractivity (Wildman–Crippen MR) is 117 cm³/mol. The first-order valence-electron chi connectivity index (χ1n) is 10.1. The van der Waals surface area contributed by atoms with Gasteiger partial charge >= 0.3 is 0 Å². The van der Waals surface area contributed by atoms with Crippen molar-refractivity contribution in [2.24, 2.45) is 0 Å². The third-order valence-corrected chi connectivity index (χ3v) is 5.65. The number of ether oxygens (including phenoxy) is 1. The summed E-state index contributed by atoms with van der Waals surface area (Å²) in [6.45, 7) is 6.11. The van der Waals surface area contributed by atoms with Gasteiger partial charge in [-0.3, -0.25) is 0 Å². The van der Waals surface area contributed by atoms with Gasteiger partial charge in [0.05, 0.1) is 0 Å². The van der Waals surface area contributed by atoms with Gasteiger partial charge in [-0.1, -0.05) is 49.4 Å².